The maximum absolute atomic E-state index is 12.8. The van der Waals surface area contributed by atoms with Gasteiger partial charge in [-0.3, -0.25) is 4.79 Å². The summed E-state index contributed by atoms with van der Waals surface area (Å²) in [6.07, 6.45) is 0.657. The molecule has 7 nitrogen and oxygen atoms in total. The van der Waals surface area contributed by atoms with Gasteiger partial charge in [-0.1, -0.05) is 41.4 Å². The lowest BCUT2D eigenvalue weighted by molar-refractivity contribution is -0.127. The SMILES string of the molecule is COc1cc(/C=N\NC(=O)[C@H](C)Oc2ccc(Cl)cc2)ccc1OC(=O)c1sc2ccccc2c1Cl. The molecule has 1 atom stereocenters. The Morgan fingerprint density at radius 1 is 1.03 bits per heavy atom. The third kappa shape index (κ3) is 5.96. The molecule has 3 aromatic carbocycles. The highest BCUT2D eigenvalue weighted by Gasteiger charge is 2.20. The van der Waals surface area contributed by atoms with Crippen LogP contribution in [0.15, 0.2) is 71.8 Å². The molecule has 1 heterocycles. The van der Waals surface area contributed by atoms with Crippen LogP contribution >= 0.6 is 34.5 Å². The topological polar surface area (TPSA) is 86.2 Å². The van der Waals surface area contributed by atoms with Gasteiger partial charge < -0.3 is 14.2 Å². The number of carbonyl (C=O) groups excluding carboxylic acids is 2. The van der Waals surface area contributed by atoms with E-state index in [2.05, 4.69) is 10.5 Å². The predicted octanol–water partition coefficient (Wildman–Crippen LogP) is 6.35. The monoisotopic (exact) mass is 542 g/mol. The van der Waals surface area contributed by atoms with Crippen LogP contribution in [0.25, 0.3) is 10.1 Å². The fraction of sp³-hybridized carbons (Fsp3) is 0.115. The van der Waals surface area contributed by atoms with Gasteiger partial charge in [-0.25, -0.2) is 10.2 Å². The van der Waals surface area contributed by atoms with Crippen molar-refractivity contribution >= 4 is 62.7 Å². The number of fused-ring (bicyclic) bond motifs is 1. The zero-order chi connectivity index (χ0) is 25.7. The van der Waals surface area contributed by atoms with Crippen molar-refractivity contribution in [3.05, 3.63) is 87.2 Å². The summed E-state index contributed by atoms with van der Waals surface area (Å²) in [5, 5.41) is 5.69. The van der Waals surface area contributed by atoms with E-state index in [1.165, 1.54) is 24.7 Å². The van der Waals surface area contributed by atoms with Crippen molar-refractivity contribution in [1.82, 2.24) is 5.43 Å². The molecule has 36 heavy (non-hydrogen) atoms. The summed E-state index contributed by atoms with van der Waals surface area (Å²) in [6, 6.07) is 19.0. The largest absolute Gasteiger partial charge is 0.493 e. The molecule has 0 aliphatic carbocycles. The lowest BCUT2D eigenvalue weighted by Crippen LogP contribution is -2.33. The number of hydrogen-bond donors (Lipinski definition) is 1. The molecule has 0 bridgehead atoms. The average molecular weight is 543 g/mol. The fourth-order valence-electron chi connectivity index (χ4n) is 3.17. The number of esters is 1. The first kappa shape index (κ1) is 25.5. The zero-order valence-electron chi connectivity index (χ0n) is 19.2. The minimum Gasteiger partial charge on any atom is -0.493 e. The van der Waals surface area contributed by atoms with Crippen LogP contribution in [0.1, 0.15) is 22.2 Å². The van der Waals surface area contributed by atoms with E-state index >= 15 is 0 Å². The second kappa shape index (κ2) is 11.4. The number of rotatable bonds is 8. The molecule has 4 aromatic rings. The van der Waals surface area contributed by atoms with Gasteiger partial charge >= 0.3 is 5.97 Å². The van der Waals surface area contributed by atoms with Gasteiger partial charge in [0.1, 0.15) is 10.6 Å². The third-order valence-electron chi connectivity index (χ3n) is 4.99. The Bertz CT molecular complexity index is 1440. The van der Waals surface area contributed by atoms with Crippen LogP contribution in [0.5, 0.6) is 17.2 Å². The number of hydrazone groups is 1. The summed E-state index contributed by atoms with van der Waals surface area (Å²) in [6.45, 7) is 1.61. The van der Waals surface area contributed by atoms with E-state index in [4.69, 9.17) is 37.4 Å². The number of hydrogen-bond acceptors (Lipinski definition) is 7. The van der Waals surface area contributed by atoms with Gasteiger partial charge in [0.15, 0.2) is 17.6 Å². The Morgan fingerprint density at radius 3 is 2.50 bits per heavy atom. The molecule has 184 valence electrons. The molecule has 1 N–H and O–H groups in total. The van der Waals surface area contributed by atoms with Crippen molar-refractivity contribution in [2.24, 2.45) is 5.10 Å². The Morgan fingerprint density at radius 2 is 1.78 bits per heavy atom. The number of ether oxygens (including phenoxy) is 3. The Balaban J connectivity index is 1.39. The molecule has 0 unspecified atom stereocenters. The molecule has 0 aliphatic heterocycles. The number of carbonyl (C=O) groups is 2. The van der Waals surface area contributed by atoms with Crippen LogP contribution in [-0.4, -0.2) is 31.3 Å². The number of nitrogens with one attached hydrogen (secondary N) is 1. The van der Waals surface area contributed by atoms with E-state index in [-0.39, 0.29) is 5.75 Å². The molecular weight excluding hydrogens is 523 g/mol. The van der Waals surface area contributed by atoms with Crippen molar-refractivity contribution in [2.75, 3.05) is 7.11 Å². The highest BCUT2D eigenvalue weighted by molar-refractivity contribution is 7.21. The molecule has 0 saturated heterocycles. The molecule has 1 amide bonds. The van der Waals surface area contributed by atoms with Crippen molar-refractivity contribution in [3.63, 3.8) is 0 Å². The van der Waals surface area contributed by atoms with Gasteiger partial charge in [-0.2, -0.15) is 5.10 Å². The number of nitrogens with zero attached hydrogens (tertiary/aromatic N) is 1. The van der Waals surface area contributed by atoms with Gasteiger partial charge in [-0.05, 0) is 61.0 Å². The summed E-state index contributed by atoms with van der Waals surface area (Å²) < 4.78 is 17.4. The zero-order valence-corrected chi connectivity index (χ0v) is 21.5. The molecule has 0 saturated carbocycles. The van der Waals surface area contributed by atoms with Crippen LogP contribution in [0, 0.1) is 0 Å². The quantitative estimate of drug-likeness (QED) is 0.121. The van der Waals surface area contributed by atoms with Crippen molar-refractivity contribution in [2.45, 2.75) is 13.0 Å². The lowest BCUT2D eigenvalue weighted by Gasteiger charge is -2.13. The summed E-state index contributed by atoms with van der Waals surface area (Å²) in [4.78, 5) is 25.3. The maximum atomic E-state index is 12.8. The molecule has 0 aliphatic rings. The molecule has 0 fully saturated rings. The lowest BCUT2D eigenvalue weighted by atomic mass is 10.2. The minimum absolute atomic E-state index is 0.224. The molecular formula is C26H20Cl2N2O5S. The van der Waals surface area contributed by atoms with Gasteiger partial charge in [0.2, 0.25) is 0 Å². The summed E-state index contributed by atoms with van der Waals surface area (Å²) in [7, 11) is 1.46. The standard InChI is InChI=1S/C26H20Cl2N2O5S/c1-15(34-18-10-8-17(27)9-11-18)25(31)30-29-14-16-7-12-20(21(13-16)33-2)35-26(32)24-23(28)19-5-3-4-6-22(19)36-24/h3-15H,1-2H3,(H,30,31)/b29-14-/t15-/m0/s1. The van der Waals surface area contributed by atoms with E-state index in [0.717, 1.165) is 10.1 Å². The van der Waals surface area contributed by atoms with Crippen molar-refractivity contribution in [3.8, 4) is 17.2 Å². The Hall–Kier alpha value is -3.59. The van der Waals surface area contributed by atoms with Crippen LogP contribution in [0.3, 0.4) is 0 Å². The van der Waals surface area contributed by atoms with Crippen LogP contribution in [0.4, 0.5) is 0 Å². The maximum Gasteiger partial charge on any atom is 0.355 e. The van der Waals surface area contributed by atoms with Crippen molar-refractivity contribution < 1.29 is 23.8 Å². The highest BCUT2D eigenvalue weighted by atomic mass is 35.5. The normalized spacial score (nSPS) is 11.9. The molecule has 10 heteroatoms. The van der Waals surface area contributed by atoms with E-state index in [9.17, 15) is 9.59 Å². The number of amides is 1. The number of benzene rings is 3. The van der Waals surface area contributed by atoms with E-state index < -0.39 is 18.0 Å². The molecule has 0 radical (unpaired) electrons. The van der Waals surface area contributed by atoms with E-state index in [1.807, 2.05) is 24.3 Å². The highest BCUT2D eigenvalue weighted by Crippen LogP contribution is 2.37. The average Bonchev–Trinajstić information content (AvgIpc) is 3.22. The second-order valence-electron chi connectivity index (χ2n) is 7.49. The van der Waals surface area contributed by atoms with Gasteiger partial charge in [0.05, 0.1) is 18.3 Å². The first-order chi connectivity index (χ1) is 17.4. The first-order valence-electron chi connectivity index (χ1n) is 10.7. The van der Waals surface area contributed by atoms with Crippen LogP contribution in [-0.2, 0) is 4.79 Å². The summed E-state index contributed by atoms with van der Waals surface area (Å²) >= 11 is 13.5. The minimum atomic E-state index is -0.777. The van der Waals surface area contributed by atoms with Crippen LogP contribution < -0.4 is 19.6 Å². The van der Waals surface area contributed by atoms with E-state index in [0.29, 0.717) is 32.0 Å². The van der Waals surface area contributed by atoms with E-state index in [1.54, 1.807) is 49.4 Å². The Kier molecular flexibility index (Phi) is 8.10. The molecule has 4 rings (SSSR count). The van der Waals surface area contributed by atoms with Gasteiger partial charge in [0.25, 0.3) is 5.91 Å². The summed E-state index contributed by atoms with van der Waals surface area (Å²) in [5.41, 5.74) is 3.04. The first-order valence-corrected chi connectivity index (χ1v) is 12.3. The Labute approximate surface area is 221 Å². The second-order valence-corrected chi connectivity index (χ2v) is 9.36. The number of halogens is 2. The van der Waals surface area contributed by atoms with Gasteiger partial charge in [-0.15, -0.1) is 11.3 Å². The molecule has 0 spiro atoms. The third-order valence-corrected chi connectivity index (χ3v) is 6.90. The smallest absolute Gasteiger partial charge is 0.355 e. The summed E-state index contributed by atoms with van der Waals surface area (Å²) in [5.74, 6) is 0.0390. The van der Waals surface area contributed by atoms with Gasteiger partial charge in [0, 0.05) is 15.1 Å². The van der Waals surface area contributed by atoms with Crippen molar-refractivity contribution in [1.29, 1.82) is 0 Å². The number of thiophene rings is 1. The van der Waals surface area contributed by atoms with Crippen LogP contribution in [0.2, 0.25) is 10.0 Å². The fourth-order valence-corrected chi connectivity index (χ4v) is 4.68. The number of methoxy groups -OCH3 is 1. The molecule has 1 aromatic heterocycles. The predicted molar refractivity (Wildman–Crippen MR) is 142 cm³/mol.